The van der Waals surface area contributed by atoms with Crippen LogP contribution in [0.3, 0.4) is 0 Å². The quantitative estimate of drug-likeness (QED) is 0.579. The molecule has 0 bridgehead atoms. The van der Waals surface area contributed by atoms with Crippen molar-refractivity contribution in [2.24, 2.45) is 5.73 Å². The van der Waals surface area contributed by atoms with Gasteiger partial charge in [-0.25, -0.2) is 0 Å². The van der Waals surface area contributed by atoms with Crippen LogP contribution >= 0.6 is 12.2 Å². The number of methoxy groups -OCH3 is 1. The first-order chi connectivity index (χ1) is 8.61. The van der Waals surface area contributed by atoms with Gasteiger partial charge in [-0.15, -0.1) is 0 Å². The number of amides is 1. The van der Waals surface area contributed by atoms with E-state index in [2.05, 4.69) is 5.32 Å². The molecule has 0 unspecified atom stereocenters. The molecule has 5 heteroatoms. The first kappa shape index (κ1) is 14.4. The average Bonchev–Trinajstić information content (AvgIpc) is 2.34. The van der Waals surface area contributed by atoms with Gasteiger partial charge in [-0.3, -0.25) is 4.79 Å². The van der Waals surface area contributed by atoms with Crippen molar-refractivity contribution in [3.8, 4) is 5.75 Å². The molecule has 18 heavy (non-hydrogen) atoms. The van der Waals surface area contributed by atoms with Crippen molar-refractivity contribution in [2.75, 3.05) is 13.7 Å². The first-order valence-corrected chi connectivity index (χ1v) is 6.20. The molecule has 0 saturated carbocycles. The van der Waals surface area contributed by atoms with E-state index in [0.29, 0.717) is 24.4 Å². The number of ether oxygens (including phenoxy) is 1. The molecule has 0 spiro atoms. The lowest BCUT2D eigenvalue weighted by Crippen LogP contribution is -2.26. The van der Waals surface area contributed by atoms with Crippen LogP contribution in [0.1, 0.15) is 18.4 Å². The third kappa shape index (κ3) is 5.63. The summed E-state index contributed by atoms with van der Waals surface area (Å²) in [6.45, 7) is 0.597. The van der Waals surface area contributed by atoms with Crippen molar-refractivity contribution in [2.45, 2.75) is 19.3 Å². The number of rotatable bonds is 7. The van der Waals surface area contributed by atoms with E-state index < -0.39 is 0 Å². The molecule has 0 aliphatic rings. The number of hydrogen-bond acceptors (Lipinski definition) is 3. The van der Waals surface area contributed by atoms with E-state index in [1.54, 1.807) is 7.11 Å². The molecule has 4 nitrogen and oxygen atoms in total. The number of nitrogens with two attached hydrogens (primary N) is 1. The lowest BCUT2D eigenvalue weighted by Gasteiger charge is -2.06. The van der Waals surface area contributed by atoms with E-state index in [-0.39, 0.29) is 5.91 Å². The molecule has 0 atom stereocenters. The van der Waals surface area contributed by atoms with Crippen LogP contribution in [0.4, 0.5) is 0 Å². The third-order valence-electron chi connectivity index (χ3n) is 2.42. The van der Waals surface area contributed by atoms with E-state index in [0.717, 1.165) is 17.7 Å². The minimum Gasteiger partial charge on any atom is -0.497 e. The first-order valence-electron chi connectivity index (χ1n) is 5.79. The summed E-state index contributed by atoms with van der Waals surface area (Å²) < 4.78 is 5.10. The van der Waals surface area contributed by atoms with Gasteiger partial charge in [0.05, 0.1) is 18.5 Å². The Morgan fingerprint density at radius 3 is 2.94 bits per heavy atom. The van der Waals surface area contributed by atoms with Gasteiger partial charge in [0, 0.05) is 6.54 Å². The smallest absolute Gasteiger partial charge is 0.224 e. The molecule has 0 fully saturated rings. The van der Waals surface area contributed by atoms with Gasteiger partial charge < -0.3 is 15.8 Å². The number of benzene rings is 1. The van der Waals surface area contributed by atoms with Crippen LogP contribution < -0.4 is 15.8 Å². The largest absolute Gasteiger partial charge is 0.497 e. The molecular formula is C13H18N2O2S. The second kappa shape index (κ2) is 7.66. The number of thiocarbonyl (C=S) groups is 1. The van der Waals surface area contributed by atoms with E-state index >= 15 is 0 Å². The molecule has 0 radical (unpaired) electrons. The van der Waals surface area contributed by atoms with Crippen molar-refractivity contribution in [1.29, 1.82) is 0 Å². The highest BCUT2D eigenvalue weighted by Gasteiger charge is 2.03. The summed E-state index contributed by atoms with van der Waals surface area (Å²) >= 11 is 4.76. The van der Waals surface area contributed by atoms with Crippen molar-refractivity contribution in [1.82, 2.24) is 5.32 Å². The average molecular weight is 266 g/mol. The summed E-state index contributed by atoms with van der Waals surface area (Å²) in [7, 11) is 1.61. The Balaban J connectivity index is 2.33. The van der Waals surface area contributed by atoms with Crippen LogP contribution in [0.2, 0.25) is 0 Å². The fourth-order valence-corrected chi connectivity index (χ4v) is 1.67. The van der Waals surface area contributed by atoms with Crippen LogP contribution in [-0.2, 0) is 11.2 Å². The lowest BCUT2D eigenvalue weighted by atomic mass is 10.1. The van der Waals surface area contributed by atoms with Gasteiger partial charge in [0.25, 0.3) is 0 Å². The van der Waals surface area contributed by atoms with Gasteiger partial charge in [-0.1, -0.05) is 24.4 Å². The molecule has 1 aromatic carbocycles. The molecule has 0 heterocycles. The highest BCUT2D eigenvalue weighted by atomic mass is 32.1. The highest BCUT2D eigenvalue weighted by Crippen LogP contribution is 2.12. The maximum atomic E-state index is 11.6. The molecule has 1 rings (SSSR count). The van der Waals surface area contributed by atoms with Crippen LogP contribution in [0.25, 0.3) is 0 Å². The molecule has 1 aromatic rings. The molecule has 0 saturated heterocycles. The third-order valence-corrected chi connectivity index (χ3v) is 2.63. The van der Waals surface area contributed by atoms with Gasteiger partial charge in [0.1, 0.15) is 5.75 Å². The Kier molecular flexibility index (Phi) is 6.14. The monoisotopic (exact) mass is 266 g/mol. The Morgan fingerprint density at radius 1 is 1.50 bits per heavy atom. The zero-order valence-electron chi connectivity index (χ0n) is 10.4. The zero-order chi connectivity index (χ0) is 13.4. The van der Waals surface area contributed by atoms with Gasteiger partial charge in [0.15, 0.2) is 0 Å². The van der Waals surface area contributed by atoms with Crippen LogP contribution in [0, 0.1) is 0 Å². The Morgan fingerprint density at radius 2 is 2.28 bits per heavy atom. The molecule has 3 N–H and O–H groups in total. The number of nitrogens with one attached hydrogen (secondary N) is 1. The number of carbonyl (C=O) groups excluding carboxylic acids is 1. The van der Waals surface area contributed by atoms with Crippen molar-refractivity contribution < 1.29 is 9.53 Å². The SMILES string of the molecule is COc1cccc(CC(=O)NCCCC(N)=S)c1. The Labute approximate surface area is 113 Å². The molecule has 1 amide bonds. The molecule has 98 valence electrons. The Bertz CT molecular complexity index is 421. The predicted octanol–water partition coefficient (Wildman–Crippen LogP) is 1.42. The predicted molar refractivity (Wildman–Crippen MR) is 75.7 cm³/mol. The maximum absolute atomic E-state index is 11.6. The van der Waals surface area contributed by atoms with Crippen molar-refractivity contribution in [3.05, 3.63) is 29.8 Å². The minimum absolute atomic E-state index is 0.00815. The highest BCUT2D eigenvalue weighted by molar-refractivity contribution is 7.80. The molecular weight excluding hydrogens is 248 g/mol. The summed E-state index contributed by atoms with van der Waals surface area (Å²) in [5, 5.41) is 2.83. The fraction of sp³-hybridized carbons (Fsp3) is 0.385. The minimum atomic E-state index is -0.00815. The van der Waals surface area contributed by atoms with Crippen LogP contribution in [-0.4, -0.2) is 24.6 Å². The Hall–Kier alpha value is -1.62. The second-order valence-corrected chi connectivity index (χ2v) is 4.47. The summed E-state index contributed by atoms with van der Waals surface area (Å²) in [6, 6.07) is 7.48. The normalized spacial score (nSPS) is 9.83. The summed E-state index contributed by atoms with van der Waals surface area (Å²) in [5.41, 5.74) is 6.30. The standard InChI is InChI=1S/C13H18N2O2S/c1-17-11-5-2-4-10(8-11)9-13(16)15-7-3-6-12(14)18/h2,4-5,8H,3,6-7,9H2,1H3,(H2,14,18)(H,15,16). The topological polar surface area (TPSA) is 64.3 Å². The van der Waals surface area contributed by atoms with E-state index in [1.165, 1.54) is 0 Å². The van der Waals surface area contributed by atoms with Gasteiger partial charge in [-0.2, -0.15) is 0 Å². The molecule has 0 aliphatic heterocycles. The van der Waals surface area contributed by atoms with Gasteiger partial charge >= 0.3 is 0 Å². The summed E-state index contributed by atoms with van der Waals surface area (Å²) in [4.78, 5) is 12.1. The zero-order valence-corrected chi connectivity index (χ0v) is 11.3. The van der Waals surface area contributed by atoms with Crippen molar-refractivity contribution in [3.63, 3.8) is 0 Å². The van der Waals surface area contributed by atoms with Crippen LogP contribution in [0.5, 0.6) is 5.75 Å². The number of hydrogen-bond donors (Lipinski definition) is 2. The summed E-state index contributed by atoms with van der Waals surface area (Å²) in [5.74, 6) is 0.750. The van der Waals surface area contributed by atoms with E-state index in [9.17, 15) is 4.79 Å². The van der Waals surface area contributed by atoms with E-state index in [4.69, 9.17) is 22.7 Å². The maximum Gasteiger partial charge on any atom is 0.224 e. The van der Waals surface area contributed by atoms with Gasteiger partial charge in [-0.05, 0) is 30.5 Å². The number of carbonyl (C=O) groups is 1. The lowest BCUT2D eigenvalue weighted by molar-refractivity contribution is -0.120. The molecule has 0 aromatic heterocycles. The van der Waals surface area contributed by atoms with Crippen molar-refractivity contribution >= 4 is 23.1 Å². The fourth-order valence-electron chi connectivity index (χ4n) is 1.52. The second-order valence-electron chi connectivity index (χ2n) is 3.95. The van der Waals surface area contributed by atoms with Crippen LogP contribution in [0.15, 0.2) is 24.3 Å². The van der Waals surface area contributed by atoms with E-state index in [1.807, 2.05) is 24.3 Å². The van der Waals surface area contributed by atoms with Gasteiger partial charge in [0.2, 0.25) is 5.91 Å². The summed E-state index contributed by atoms with van der Waals surface area (Å²) in [6.07, 6.45) is 1.79. The molecule has 0 aliphatic carbocycles.